The zero-order valence-electron chi connectivity index (χ0n) is 16.3. The smallest absolute Gasteiger partial charge is 0.241 e. The molecule has 1 saturated carbocycles. The molecule has 150 valence electrons. The fourth-order valence-corrected chi connectivity index (χ4v) is 3.30. The van der Waals surface area contributed by atoms with Crippen molar-refractivity contribution in [1.29, 1.82) is 0 Å². The molecule has 1 aliphatic carbocycles. The van der Waals surface area contributed by atoms with Gasteiger partial charge in [0.25, 0.3) is 0 Å². The lowest BCUT2D eigenvalue weighted by Gasteiger charge is -2.33. The molecule has 4 rings (SSSR count). The van der Waals surface area contributed by atoms with E-state index in [0.717, 1.165) is 50.3 Å². The van der Waals surface area contributed by atoms with Crippen LogP contribution >= 0.6 is 0 Å². The molecule has 1 aliphatic heterocycles. The first-order valence-electron chi connectivity index (χ1n) is 9.99. The summed E-state index contributed by atoms with van der Waals surface area (Å²) in [4.78, 5) is 20.9. The minimum Gasteiger partial charge on any atom is -0.494 e. The van der Waals surface area contributed by atoms with Gasteiger partial charge in [0, 0.05) is 37.8 Å². The van der Waals surface area contributed by atoms with Crippen LogP contribution in [0.3, 0.4) is 0 Å². The van der Waals surface area contributed by atoms with E-state index in [-0.39, 0.29) is 5.91 Å². The summed E-state index contributed by atoms with van der Waals surface area (Å²) in [5.74, 6) is 2.18. The van der Waals surface area contributed by atoms with Crippen molar-refractivity contribution in [2.75, 3.05) is 39.3 Å². The van der Waals surface area contributed by atoms with E-state index in [1.807, 2.05) is 31.2 Å². The van der Waals surface area contributed by atoms with Crippen LogP contribution < -0.4 is 10.1 Å². The predicted octanol–water partition coefficient (Wildman–Crippen LogP) is 1.53. The van der Waals surface area contributed by atoms with Crippen molar-refractivity contribution >= 4 is 5.91 Å². The fourth-order valence-electron chi connectivity index (χ4n) is 3.30. The number of nitrogens with zero attached hydrogens (tertiary/aromatic N) is 4. The molecular formula is C20H27N5O3. The molecule has 0 atom stereocenters. The molecule has 2 fully saturated rings. The Morgan fingerprint density at radius 3 is 2.57 bits per heavy atom. The van der Waals surface area contributed by atoms with Crippen molar-refractivity contribution in [2.45, 2.75) is 32.4 Å². The van der Waals surface area contributed by atoms with E-state index >= 15 is 0 Å². The standard InChI is InChI=1S/C20H27N5O3/c1-2-27-17-7-3-15(4-8-17)20-22-19(28-23-20)14-25-11-9-24(10-12-25)13-18(26)21-16-5-6-16/h3-4,7-8,16H,2,5-6,9-14H2,1H3,(H,21,26). The normalized spacial score (nSPS) is 18.2. The SMILES string of the molecule is CCOc1ccc(-c2noc(CN3CCN(CC(=O)NC4CC4)CC3)n2)cc1. The van der Waals surface area contributed by atoms with Gasteiger partial charge < -0.3 is 14.6 Å². The van der Waals surface area contributed by atoms with Crippen molar-refractivity contribution in [3.05, 3.63) is 30.2 Å². The van der Waals surface area contributed by atoms with Gasteiger partial charge in [-0.05, 0) is 44.0 Å². The summed E-state index contributed by atoms with van der Waals surface area (Å²) >= 11 is 0. The van der Waals surface area contributed by atoms with E-state index in [1.54, 1.807) is 0 Å². The molecular weight excluding hydrogens is 358 g/mol. The maximum atomic E-state index is 11.9. The number of aromatic nitrogens is 2. The van der Waals surface area contributed by atoms with Gasteiger partial charge in [-0.15, -0.1) is 0 Å². The van der Waals surface area contributed by atoms with E-state index in [0.29, 0.717) is 37.5 Å². The molecule has 2 heterocycles. The third kappa shape index (κ3) is 5.08. The number of carbonyl (C=O) groups excluding carboxylic acids is 1. The fraction of sp³-hybridized carbons (Fsp3) is 0.550. The minimum atomic E-state index is 0.146. The van der Waals surface area contributed by atoms with Crippen LogP contribution in [-0.2, 0) is 11.3 Å². The zero-order chi connectivity index (χ0) is 19.3. The highest BCUT2D eigenvalue weighted by molar-refractivity contribution is 5.78. The Hall–Kier alpha value is -2.45. The van der Waals surface area contributed by atoms with Crippen molar-refractivity contribution in [2.24, 2.45) is 0 Å². The lowest BCUT2D eigenvalue weighted by molar-refractivity contribution is -0.122. The Bertz CT molecular complexity index is 779. The lowest BCUT2D eigenvalue weighted by atomic mass is 10.2. The zero-order valence-corrected chi connectivity index (χ0v) is 16.3. The van der Waals surface area contributed by atoms with Crippen LogP contribution in [-0.4, -0.2) is 71.2 Å². The third-order valence-corrected chi connectivity index (χ3v) is 5.03. The predicted molar refractivity (Wildman–Crippen MR) is 104 cm³/mol. The van der Waals surface area contributed by atoms with Crippen molar-refractivity contribution in [1.82, 2.24) is 25.3 Å². The molecule has 1 N–H and O–H groups in total. The molecule has 2 aromatic rings. The van der Waals surface area contributed by atoms with E-state index in [2.05, 4.69) is 25.3 Å². The second-order valence-corrected chi connectivity index (χ2v) is 7.36. The number of carbonyl (C=O) groups is 1. The first-order valence-corrected chi connectivity index (χ1v) is 9.99. The number of benzene rings is 1. The van der Waals surface area contributed by atoms with Gasteiger partial charge in [-0.25, -0.2) is 0 Å². The van der Waals surface area contributed by atoms with Crippen molar-refractivity contribution in [3.63, 3.8) is 0 Å². The quantitative estimate of drug-likeness (QED) is 0.738. The first-order chi connectivity index (χ1) is 13.7. The molecule has 1 aromatic carbocycles. The summed E-state index contributed by atoms with van der Waals surface area (Å²) < 4.78 is 10.9. The van der Waals surface area contributed by atoms with Gasteiger partial charge in [0.15, 0.2) is 0 Å². The molecule has 1 aromatic heterocycles. The van der Waals surface area contributed by atoms with Gasteiger partial charge in [0.05, 0.1) is 19.7 Å². The molecule has 28 heavy (non-hydrogen) atoms. The molecule has 0 spiro atoms. The molecule has 8 heteroatoms. The second-order valence-electron chi connectivity index (χ2n) is 7.36. The number of nitrogens with one attached hydrogen (secondary N) is 1. The number of piperazine rings is 1. The average Bonchev–Trinajstić information content (AvgIpc) is 3.39. The molecule has 0 unspecified atom stereocenters. The number of rotatable bonds is 8. The van der Waals surface area contributed by atoms with Crippen molar-refractivity contribution < 1.29 is 14.1 Å². The van der Waals surface area contributed by atoms with Gasteiger partial charge in [-0.3, -0.25) is 14.6 Å². The highest BCUT2D eigenvalue weighted by Crippen LogP contribution is 2.21. The van der Waals surface area contributed by atoms with E-state index < -0.39 is 0 Å². The number of ether oxygens (including phenoxy) is 1. The molecule has 8 nitrogen and oxygen atoms in total. The topological polar surface area (TPSA) is 83.7 Å². The Morgan fingerprint density at radius 2 is 1.89 bits per heavy atom. The Balaban J connectivity index is 1.24. The summed E-state index contributed by atoms with van der Waals surface area (Å²) in [7, 11) is 0. The monoisotopic (exact) mass is 385 g/mol. The van der Waals surface area contributed by atoms with Crippen molar-refractivity contribution in [3.8, 4) is 17.1 Å². The second kappa shape index (κ2) is 8.70. The highest BCUT2D eigenvalue weighted by atomic mass is 16.5. The summed E-state index contributed by atoms with van der Waals surface area (Å²) in [5, 5.41) is 7.14. The average molecular weight is 385 g/mol. The van der Waals surface area contributed by atoms with Crippen LogP contribution in [0.5, 0.6) is 5.75 Å². The number of hydrogen-bond donors (Lipinski definition) is 1. The molecule has 1 amide bonds. The van der Waals surface area contributed by atoms with E-state index in [1.165, 1.54) is 0 Å². The van der Waals surface area contributed by atoms with Crippen LogP contribution in [0, 0.1) is 0 Å². The van der Waals surface area contributed by atoms with Crippen LogP contribution in [0.4, 0.5) is 0 Å². The van der Waals surface area contributed by atoms with Gasteiger partial charge in [-0.2, -0.15) is 4.98 Å². The number of amides is 1. The maximum Gasteiger partial charge on any atom is 0.241 e. The van der Waals surface area contributed by atoms with Gasteiger partial charge in [0.1, 0.15) is 5.75 Å². The third-order valence-electron chi connectivity index (χ3n) is 5.03. The van der Waals surface area contributed by atoms with E-state index in [9.17, 15) is 4.79 Å². The summed E-state index contributed by atoms with van der Waals surface area (Å²) in [6.45, 7) is 7.25. The molecule has 0 bridgehead atoms. The minimum absolute atomic E-state index is 0.146. The number of hydrogen-bond acceptors (Lipinski definition) is 7. The maximum absolute atomic E-state index is 11.9. The van der Waals surface area contributed by atoms with Crippen LogP contribution in [0.1, 0.15) is 25.7 Å². The summed E-state index contributed by atoms with van der Waals surface area (Å²) in [6.07, 6.45) is 2.25. The van der Waals surface area contributed by atoms with Crippen LogP contribution in [0.2, 0.25) is 0 Å². The highest BCUT2D eigenvalue weighted by Gasteiger charge is 2.25. The lowest BCUT2D eigenvalue weighted by Crippen LogP contribution is -2.49. The molecule has 0 radical (unpaired) electrons. The van der Waals surface area contributed by atoms with Gasteiger partial charge in [0.2, 0.25) is 17.6 Å². The Labute approximate surface area is 164 Å². The van der Waals surface area contributed by atoms with Crippen LogP contribution in [0.25, 0.3) is 11.4 Å². The van der Waals surface area contributed by atoms with Gasteiger partial charge in [-0.1, -0.05) is 5.16 Å². The van der Waals surface area contributed by atoms with E-state index in [4.69, 9.17) is 9.26 Å². The van der Waals surface area contributed by atoms with Crippen LogP contribution in [0.15, 0.2) is 28.8 Å². The summed E-state index contributed by atoms with van der Waals surface area (Å²) in [6, 6.07) is 8.12. The van der Waals surface area contributed by atoms with Gasteiger partial charge >= 0.3 is 0 Å². The largest absolute Gasteiger partial charge is 0.494 e. The summed E-state index contributed by atoms with van der Waals surface area (Å²) in [5.41, 5.74) is 0.907. The molecule has 1 saturated heterocycles. The first kappa shape index (κ1) is 18.9. The Kier molecular flexibility index (Phi) is 5.87. The molecule has 2 aliphatic rings. The Morgan fingerprint density at radius 1 is 1.18 bits per heavy atom.